The lowest BCUT2D eigenvalue weighted by molar-refractivity contribution is 0.0954. The number of carbonyl (C=O) groups excluding carboxylic acids is 1. The molecule has 3 aromatic carbocycles. The van der Waals surface area contributed by atoms with Crippen LogP contribution in [0.4, 0.5) is 0 Å². The van der Waals surface area contributed by atoms with E-state index in [1.807, 2.05) is 48.5 Å². The van der Waals surface area contributed by atoms with E-state index >= 15 is 0 Å². The van der Waals surface area contributed by atoms with Gasteiger partial charge in [-0.25, -0.2) is 5.43 Å². The average Bonchev–Trinajstić information content (AvgIpc) is 2.74. The van der Waals surface area contributed by atoms with E-state index in [0.29, 0.717) is 23.7 Å². The van der Waals surface area contributed by atoms with Gasteiger partial charge in [-0.1, -0.05) is 30.3 Å². The van der Waals surface area contributed by atoms with Crippen LogP contribution in [-0.4, -0.2) is 19.2 Å². The molecule has 154 valence electrons. The van der Waals surface area contributed by atoms with Gasteiger partial charge in [-0.15, -0.1) is 0 Å². The van der Waals surface area contributed by atoms with Gasteiger partial charge in [0, 0.05) is 5.56 Å². The monoisotopic (exact) mass is 642 g/mol. The summed E-state index contributed by atoms with van der Waals surface area (Å²) in [7, 11) is 1.57. The average molecular weight is 644 g/mol. The Morgan fingerprint density at radius 1 is 1.10 bits per heavy atom. The highest BCUT2D eigenvalue weighted by atomic mass is 127. The number of hydrogen-bond acceptors (Lipinski definition) is 4. The summed E-state index contributed by atoms with van der Waals surface area (Å²) in [6, 6.07) is 18.9. The number of carbonyl (C=O) groups is 1. The molecule has 0 fully saturated rings. The van der Waals surface area contributed by atoms with Crippen molar-refractivity contribution < 1.29 is 14.3 Å². The number of nitrogens with one attached hydrogen (secondary N) is 1. The minimum absolute atomic E-state index is 0.318. The molecular formula is C22H17Br2IN2O3. The van der Waals surface area contributed by atoms with Crippen molar-refractivity contribution in [2.45, 2.75) is 6.61 Å². The third kappa shape index (κ3) is 6.05. The first kappa shape index (κ1) is 22.8. The summed E-state index contributed by atoms with van der Waals surface area (Å²) in [4.78, 5) is 12.3. The molecule has 0 atom stereocenters. The maximum Gasteiger partial charge on any atom is 0.271 e. The number of ether oxygens (including phenoxy) is 2. The van der Waals surface area contributed by atoms with E-state index in [4.69, 9.17) is 9.47 Å². The molecule has 0 aromatic heterocycles. The van der Waals surface area contributed by atoms with Crippen LogP contribution < -0.4 is 14.9 Å². The van der Waals surface area contributed by atoms with Crippen molar-refractivity contribution in [1.29, 1.82) is 0 Å². The van der Waals surface area contributed by atoms with Gasteiger partial charge >= 0.3 is 0 Å². The highest BCUT2D eigenvalue weighted by Gasteiger charge is 2.10. The molecule has 30 heavy (non-hydrogen) atoms. The molecule has 0 radical (unpaired) electrons. The molecule has 0 aliphatic rings. The topological polar surface area (TPSA) is 59.9 Å². The summed E-state index contributed by atoms with van der Waals surface area (Å²) < 4.78 is 13.7. The smallest absolute Gasteiger partial charge is 0.271 e. The van der Waals surface area contributed by atoms with Crippen molar-refractivity contribution in [3.8, 4) is 11.5 Å². The van der Waals surface area contributed by atoms with E-state index in [9.17, 15) is 4.79 Å². The second-order valence-electron chi connectivity index (χ2n) is 6.14. The van der Waals surface area contributed by atoms with Crippen molar-refractivity contribution in [3.05, 3.63) is 89.9 Å². The van der Waals surface area contributed by atoms with Gasteiger partial charge in [-0.2, -0.15) is 5.10 Å². The predicted octanol–water partition coefficient (Wildman–Crippen LogP) is 6.17. The van der Waals surface area contributed by atoms with Crippen LogP contribution in [0, 0.1) is 3.57 Å². The van der Waals surface area contributed by atoms with Crippen molar-refractivity contribution in [3.63, 3.8) is 0 Å². The molecule has 0 aliphatic carbocycles. The van der Waals surface area contributed by atoms with E-state index in [-0.39, 0.29) is 5.91 Å². The molecule has 1 amide bonds. The molecule has 0 unspecified atom stereocenters. The van der Waals surface area contributed by atoms with Gasteiger partial charge in [-0.05, 0) is 95.9 Å². The zero-order valence-electron chi connectivity index (χ0n) is 15.9. The van der Waals surface area contributed by atoms with Crippen molar-refractivity contribution in [2.24, 2.45) is 5.10 Å². The Labute approximate surface area is 205 Å². The molecule has 0 bridgehead atoms. The fourth-order valence-corrected chi connectivity index (χ4v) is 4.56. The number of hydrazone groups is 1. The number of amides is 1. The van der Waals surface area contributed by atoms with Crippen molar-refractivity contribution in [1.82, 2.24) is 5.43 Å². The van der Waals surface area contributed by atoms with Gasteiger partial charge in [0.2, 0.25) is 0 Å². The van der Waals surface area contributed by atoms with Crippen LogP contribution in [0.5, 0.6) is 11.5 Å². The third-order valence-corrected chi connectivity index (χ3v) is 6.11. The van der Waals surface area contributed by atoms with E-state index in [0.717, 1.165) is 23.6 Å². The minimum Gasteiger partial charge on any atom is -0.496 e. The maximum atomic E-state index is 12.3. The van der Waals surface area contributed by atoms with Gasteiger partial charge in [-0.3, -0.25) is 4.79 Å². The normalized spacial score (nSPS) is 10.8. The molecule has 8 heteroatoms. The van der Waals surface area contributed by atoms with Crippen molar-refractivity contribution >= 4 is 66.6 Å². The first-order valence-electron chi connectivity index (χ1n) is 8.80. The Morgan fingerprint density at radius 2 is 1.80 bits per heavy atom. The van der Waals surface area contributed by atoms with Crippen LogP contribution >= 0.6 is 54.5 Å². The number of nitrogens with zero attached hydrogens (tertiary/aromatic N) is 1. The zero-order chi connectivity index (χ0) is 21.5. The summed E-state index contributed by atoms with van der Waals surface area (Å²) in [5.41, 5.74) is 4.87. The fraction of sp³-hybridized carbons (Fsp3) is 0.0909. The highest BCUT2D eigenvalue weighted by molar-refractivity contribution is 14.1. The van der Waals surface area contributed by atoms with Crippen LogP contribution in [0.1, 0.15) is 21.5 Å². The number of benzene rings is 3. The third-order valence-electron chi connectivity index (χ3n) is 4.04. The molecule has 0 spiro atoms. The summed E-state index contributed by atoms with van der Waals surface area (Å²) >= 11 is 9.22. The molecule has 0 saturated carbocycles. The van der Waals surface area contributed by atoms with Gasteiger partial charge in [0.15, 0.2) is 0 Å². The number of halogens is 3. The van der Waals surface area contributed by atoms with Crippen LogP contribution in [0.15, 0.2) is 74.7 Å². The second-order valence-corrected chi connectivity index (χ2v) is 9.01. The number of methoxy groups -OCH3 is 1. The Kier molecular flexibility index (Phi) is 8.29. The molecule has 3 aromatic rings. The summed E-state index contributed by atoms with van der Waals surface area (Å²) in [6.45, 7) is 0.459. The van der Waals surface area contributed by atoms with E-state index < -0.39 is 0 Å². The SMILES string of the molecule is COc1cc(C(=O)N/N=C\c2cc(Br)c(OCc3ccccc3)c(Br)c2)ccc1I. The molecule has 5 nitrogen and oxygen atoms in total. The number of rotatable bonds is 7. The zero-order valence-corrected chi connectivity index (χ0v) is 21.2. The minimum atomic E-state index is -0.318. The van der Waals surface area contributed by atoms with E-state index in [1.165, 1.54) is 0 Å². The van der Waals surface area contributed by atoms with Gasteiger partial charge in [0.25, 0.3) is 5.91 Å². The Hall–Kier alpha value is -1.91. The fourth-order valence-electron chi connectivity index (χ4n) is 2.55. The number of hydrogen-bond donors (Lipinski definition) is 1. The van der Waals surface area contributed by atoms with Crippen LogP contribution in [0.2, 0.25) is 0 Å². The predicted molar refractivity (Wildman–Crippen MR) is 133 cm³/mol. The molecule has 3 rings (SSSR count). The molecular weight excluding hydrogens is 627 g/mol. The lowest BCUT2D eigenvalue weighted by Crippen LogP contribution is -2.17. The Morgan fingerprint density at radius 3 is 2.47 bits per heavy atom. The second kappa shape index (κ2) is 10.9. The maximum absolute atomic E-state index is 12.3. The quantitative estimate of drug-likeness (QED) is 0.190. The largest absolute Gasteiger partial charge is 0.496 e. The molecule has 0 saturated heterocycles. The lowest BCUT2D eigenvalue weighted by Gasteiger charge is -2.11. The van der Waals surface area contributed by atoms with Crippen LogP contribution in [-0.2, 0) is 6.61 Å². The summed E-state index contributed by atoms with van der Waals surface area (Å²) in [5, 5.41) is 4.05. The first-order valence-corrected chi connectivity index (χ1v) is 11.5. The standard InChI is InChI=1S/C22H17Br2IN2O3/c1-29-20-11-16(7-8-19(20)25)22(28)27-26-12-15-9-17(23)21(18(24)10-15)30-13-14-5-3-2-4-6-14/h2-12H,13H2,1H3,(H,27,28)/b26-12-. The van der Waals surface area contributed by atoms with Crippen LogP contribution in [0.25, 0.3) is 0 Å². The molecule has 0 heterocycles. The van der Waals surface area contributed by atoms with Crippen molar-refractivity contribution in [2.75, 3.05) is 7.11 Å². The van der Waals surface area contributed by atoms with E-state index in [1.54, 1.807) is 25.5 Å². The van der Waals surface area contributed by atoms with Gasteiger partial charge in [0.1, 0.15) is 18.1 Å². The summed E-state index contributed by atoms with van der Waals surface area (Å²) in [5.74, 6) is 1.03. The lowest BCUT2D eigenvalue weighted by atomic mass is 10.2. The van der Waals surface area contributed by atoms with Gasteiger partial charge in [0.05, 0.1) is 25.8 Å². The van der Waals surface area contributed by atoms with Gasteiger partial charge < -0.3 is 9.47 Å². The van der Waals surface area contributed by atoms with Crippen LogP contribution in [0.3, 0.4) is 0 Å². The Bertz CT molecular complexity index is 1050. The highest BCUT2D eigenvalue weighted by Crippen LogP contribution is 2.35. The van der Waals surface area contributed by atoms with E-state index in [2.05, 4.69) is 65.0 Å². The molecule has 1 N–H and O–H groups in total. The first-order chi connectivity index (χ1) is 14.5. The molecule has 0 aliphatic heterocycles. The summed E-state index contributed by atoms with van der Waals surface area (Å²) in [6.07, 6.45) is 1.57. The Balaban J connectivity index is 1.65.